The highest BCUT2D eigenvalue weighted by atomic mass is 32.1. The van der Waals surface area contributed by atoms with Crippen LogP contribution >= 0.6 is 11.3 Å². The summed E-state index contributed by atoms with van der Waals surface area (Å²) in [6.45, 7) is 1.10. The number of hydrogen-bond donors (Lipinski definition) is 1. The molecule has 0 bridgehead atoms. The van der Waals surface area contributed by atoms with Crippen LogP contribution in [-0.2, 0) is 4.79 Å². The number of likely N-dealkylation sites (tertiary alicyclic amines) is 1. The van der Waals surface area contributed by atoms with Gasteiger partial charge < -0.3 is 15.0 Å². The molecule has 2 heterocycles. The summed E-state index contributed by atoms with van der Waals surface area (Å²) >= 11 is 1.36. The molecule has 36 heavy (non-hydrogen) atoms. The molecule has 1 saturated heterocycles. The van der Waals surface area contributed by atoms with Crippen molar-refractivity contribution in [2.45, 2.75) is 31.6 Å². The van der Waals surface area contributed by atoms with Crippen LogP contribution in [0.5, 0.6) is 5.75 Å². The number of Topliss-reactive ketones (excluding diaryl/α,β-unsaturated/α-hetero) is 1. The van der Waals surface area contributed by atoms with Crippen LogP contribution < -0.4 is 10.1 Å². The van der Waals surface area contributed by atoms with Gasteiger partial charge >= 0.3 is 0 Å². The summed E-state index contributed by atoms with van der Waals surface area (Å²) in [5.41, 5.74) is 0.900. The fraction of sp³-hybridized carbons (Fsp3) is 0.308. The van der Waals surface area contributed by atoms with E-state index in [4.69, 9.17) is 4.74 Å². The van der Waals surface area contributed by atoms with Crippen LogP contribution in [-0.4, -0.2) is 47.7 Å². The Bertz CT molecular complexity index is 1250. The van der Waals surface area contributed by atoms with Gasteiger partial charge in [-0.1, -0.05) is 0 Å². The van der Waals surface area contributed by atoms with Crippen molar-refractivity contribution in [3.63, 3.8) is 0 Å². The number of rotatable bonds is 8. The van der Waals surface area contributed by atoms with Crippen LogP contribution in [0.4, 0.5) is 14.5 Å². The molecule has 7 nitrogen and oxygen atoms in total. The number of aromatic nitrogens is 1. The number of anilines is 1. The summed E-state index contributed by atoms with van der Waals surface area (Å²) in [6, 6.07) is 9.96. The molecule has 2 amide bonds. The van der Waals surface area contributed by atoms with Crippen LogP contribution in [0.2, 0.25) is 0 Å². The van der Waals surface area contributed by atoms with Crippen molar-refractivity contribution in [1.82, 2.24) is 9.88 Å². The van der Waals surface area contributed by atoms with Gasteiger partial charge in [0.15, 0.2) is 17.4 Å². The minimum Gasteiger partial charge on any atom is -0.497 e. The topological polar surface area (TPSA) is 88.6 Å². The molecule has 4 rings (SSSR count). The smallest absolute Gasteiger partial charge is 0.275 e. The first kappa shape index (κ1) is 25.4. The number of ketones is 1. The number of piperidine rings is 1. The van der Waals surface area contributed by atoms with Gasteiger partial charge in [0.1, 0.15) is 11.4 Å². The van der Waals surface area contributed by atoms with Gasteiger partial charge in [-0.3, -0.25) is 14.4 Å². The first-order chi connectivity index (χ1) is 17.3. The lowest BCUT2D eigenvalue weighted by Gasteiger charge is -2.31. The second-order valence-corrected chi connectivity index (χ2v) is 9.35. The number of methoxy groups -OCH3 is 1. The van der Waals surface area contributed by atoms with E-state index in [1.54, 1.807) is 41.7 Å². The van der Waals surface area contributed by atoms with E-state index in [9.17, 15) is 23.2 Å². The van der Waals surface area contributed by atoms with Crippen LogP contribution in [0.1, 0.15) is 57.5 Å². The van der Waals surface area contributed by atoms with E-state index >= 15 is 0 Å². The Balaban J connectivity index is 1.25. The first-order valence-corrected chi connectivity index (χ1v) is 12.4. The van der Waals surface area contributed by atoms with E-state index < -0.39 is 17.5 Å². The number of nitrogens with one attached hydrogen (secondary N) is 1. The molecule has 2 aromatic carbocycles. The second kappa shape index (κ2) is 11.4. The summed E-state index contributed by atoms with van der Waals surface area (Å²) in [5, 5.41) is 4.95. The molecule has 1 aliphatic heterocycles. The molecule has 1 N–H and O–H groups in total. The number of carbonyl (C=O) groups is 3. The van der Waals surface area contributed by atoms with Crippen LogP contribution in [0.3, 0.4) is 0 Å². The lowest BCUT2D eigenvalue weighted by atomic mass is 9.97. The van der Waals surface area contributed by atoms with Crippen LogP contribution in [0.15, 0.2) is 47.8 Å². The molecule has 1 aliphatic rings. The maximum Gasteiger partial charge on any atom is 0.275 e. The van der Waals surface area contributed by atoms with E-state index in [1.165, 1.54) is 17.4 Å². The molecule has 0 atom stereocenters. The maximum atomic E-state index is 13.4. The van der Waals surface area contributed by atoms with Gasteiger partial charge in [0.25, 0.3) is 5.91 Å². The summed E-state index contributed by atoms with van der Waals surface area (Å²) in [7, 11) is 1.56. The van der Waals surface area contributed by atoms with Crippen molar-refractivity contribution in [2.24, 2.45) is 0 Å². The predicted octanol–water partition coefficient (Wildman–Crippen LogP) is 5.05. The number of nitrogens with zero attached hydrogens (tertiary/aromatic N) is 2. The molecule has 1 aromatic heterocycles. The number of halogens is 2. The fourth-order valence-electron chi connectivity index (χ4n) is 4.02. The SMILES string of the molecule is COc1ccc(C(=O)CCC(=O)N2CCC(c3nc(C(=O)Nc4ccc(F)c(F)c4)cs3)CC2)cc1. The lowest BCUT2D eigenvalue weighted by Crippen LogP contribution is -2.38. The van der Waals surface area contributed by atoms with E-state index in [2.05, 4.69) is 10.3 Å². The minimum absolute atomic E-state index is 0.0546. The van der Waals surface area contributed by atoms with E-state index in [-0.39, 0.29) is 41.8 Å². The Kier molecular flexibility index (Phi) is 8.04. The summed E-state index contributed by atoms with van der Waals surface area (Å²) in [6.07, 6.45) is 1.71. The third-order valence-corrected chi connectivity index (χ3v) is 7.11. The molecule has 0 radical (unpaired) electrons. The third kappa shape index (κ3) is 6.12. The summed E-state index contributed by atoms with van der Waals surface area (Å²) < 4.78 is 31.5. The molecular formula is C26H25F2N3O4S. The van der Waals surface area contributed by atoms with Crippen LogP contribution in [0, 0.1) is 11.6 Å². The van der Waals surface area contributed by atoms with Gasteiger partial charge in [0.05, 0.1) is 12.1 Å². The molecule has 0 saturated carbocycles. The van der Waals surface area contributed by atoms with Gasteiger partial charge in [0, 0.05) is 54.5 Å². The standard InChI is InChI=1S/C26H25F2N3O4S/c1-35-19-5-2-16(3-6-19)23(32)8-9-24(33)31-12-10-17(11-13-31)26-30-22(15-36-26)25(34)29-18-4-7-20(27)21(28)14-18/h2-7,14-15,17H,8-13H2,1H3,(H,29,34). The normalized spacial score (nSPS) is 13.9. The molecule has 10 heteroatoms. The van der Waals surface area contributed by atoms with Crippen molar-refractivity contribution >= 4 is 34.6 Å². The Labute approximate surface area is 211 Å². The molecule has 188 valence electrons. The van der Waals surface area contributed by atoms with Crippen LogP contribution in [0.25, 0.3) is 0 Å². The highest BCUT2D eigenvalue weighted by Crippen LogP contribution is 2.31. The molecule has 1 fully saturated rings. The van der Waals surface area contributed by atoms with Gasteiger partial charge in [-0.2, -0.15) is 0 Å². The van der Waals surface area contributed by atoms with Crippen molar-refractivity contribution in [3.8, 4) is 5.75 Å². The Morgan fingerprint density at radius 1 is 1.06 bits per heavy atom. The van der Waals surface area contributed by atoms with Crippen molar-refractivity contribution < 1.29 is 27.9 Å². The van der Waals surface area contributed by atoms with Gasteiger partial charge in [0.2, 0.25) is 5.91 Å². The zero-order valence-corrected chi connectivity index (χ0v) is 20.4. The minimum atomic E-state index is -1.04. The number of thiazole rings is 1. The van der Waals surface area contributed by atoms with Gasteiger partial charge in [-0.15, -0.1) is 11.3 Å². The number of carbonyl (C=O) groups excluding carboxylic acids is 3. The molecular weight excluding hydrogens is 488 g/mol. The van der Waals surface area contributed by atoms with E-state index in [1.807, 2.05) is 0 Å². The average molecular weight is 514 g/mol. The Morgan fingerprint density at radius 2 is 1.78 bits per heavy atom. The Morgan fingerprint density at radius 3 is 2.44 bits per heavy atom. The zero-order chi connectivity index (χ0) is 25.7. The molecule has 0 aliphatic carbocycles. The van der Waals surface area contributed by atoms with Crippen molar-refractivity contribution in [2.75, 3.05) is 25.5 Å². The molecule has 0 spiro atoms. The summed E-state index contributed by atoms with van der Waals surface area (Å²) in [5.74, 6) is -1.89. The first-order valence-electron chi connectivity index (χ1n) is 11.5. The largest absolute Gasteiger partial charge is 0.497 e. The Hall–Kier alpha value is -3.66. The number of amides is 2. The maximum absolute atomic E-state index is 13.4. The monoisotopic (exact) mass is 513 g/mol. The predicted molar refractivity (Wildman–Crippen MR) is 132 cm³/mol. The lowest BCUT2D eigenvalue weighted by molar-refractivity contribution is -0.132. The van der Waals surface area contributed by atoms with Gasteiger partial charge in [-0.05, 0) is 49.2 Å². The van der Waals surface area contributed by atoms with Crippen molar-refractivity contribution in [1.29, 1.82) is 0 Å². The molecule has 3 aromatic rings. The third-order valence-electron chi connectivity index (χ3n) is 6.11. The number of hydrogen-bond acceptors (Lipinski definition) is 6. The number of benzene rings is 2. The van der Waals surface area contributed by atoms with E-state index in [0.29, 0.717) is 37.2 Å². The highest BCUT2D eigenvalue weighted by molar-refractivity contribution is 7.10. The quantitative estimate of drug-likeness (QED) is 0.426. The molecule has 0 unspecified atom stereocenters. The van der Waals surface area contributed by atoms with Crippen molar-refractivity contribution in [3.05, 3.63) is 75.7 Å². The van der Waals surface area contributed by atoms with Gasteiger partial charge in [-0.25, -0.2) is 13.8 Å². The highest BCUT2D eigenvalue weighted by Gasteiger charge is 2.26. The number of ether oxygens (including phenoxy) is 1. The fourth-order valence-corrected chi connectivity index (χ4v) is 5.00. The average Bonchev–Trinajstić information content (AvgIpc) is 3.40. The zero-order valence-electron chi connectivity index (χ0n) is 19.6. The summed E-state index contributed by atoms with van der Waals surface area (Å²) in [4.78, 5) is 43.6. The second-order valence-electron chi connectivity index (χ2n) is 8.46. The van der Waals surface area contributed by atoms with E-state index in [0.717, 1.165) is 17.1 Å².